The van der Waals surface area contributed by atoms with Crippen LogP contribution in [0.1, 0.15) is 6.42 Å². The average Bonchev–Trinajstić information content (AvgIpc) is 2.30. The summed E-state index contributed by atoms with van der Waals surface area (Å²) >= 11 is 5.93. The average molecular weight is 240 g/mol. The van der Waals surface area contributed by atoms with Crippen LogP contribution in [-0.4, -0.2) is 38.2 Å². The van der Waals surface area contributed by atoms with Gasteiger partial charge in [0.15, 0.2) is 10.8 Å². The Kier molecular flexibility index (Phi) is 3.43. The first-order valence-corrected chi connectivity index (χ1v) is 5.18. The predicted molar refractivity (Wildman–Crippen MR) is 60.3 cm³/mol. The van der Waals surface area contributed by atoms with Gasteiger partial charge in [-0.2, -0.15) is 9.97 Å². The fourth-order valence-electron chi connectivity index (χ4n) is 1.19. The van der Waals surface area contributed by atoms with Gasteiger partial charge in [-0.15, -0.1) is 0 Å². The molecule has 2 aromatic rings. The number of fused-ring (bicyclic) bond motifs is 1. The summed E-state index contributed by atoms with van der Waals surface area (Å²) in [5.41, 5.74) is 0.936. The van der Waals surface area contributed by atoms with E-state index in [0.717, 1.165) is 0 Å². The predicted octanol–water partition coefficient (Wildman–Crippen LogP) is 0.867. The van der Waals surface area contributed by atoms with Crippen LogP contribution >= 0.6 is 11.6 Å². The van der Waals surface area contributed by atoms with Gasteiger partial charge in [0, 0.05) is 25.5 Å². The van der Waals surface area contributed by atoms with Gasteiger partial charge in [0.2, 0.25) is 5.95 Å². The number of hydrogen-bond acceptors (Lipinski definition) is 6. The third kappa shape index (κ3) is 2.34. The Bertz CT molecular complexity index is 492. The second-order valence-electron chi connectivity index (χ2n) is 3.07. The third-order valence-electron chi connectivity index (χ3n) is 1.91. The fraction of sp³-hybridized carbons (Fsp3) is 0.333. The molecule has 16 heavy (non-hydrogen) atoms. The molecule has 0 unspecified atom stereocenters. The van der Waals surface area contributed by atoms with E-state index in [1.807, 2.05) is 0 Å². The topological polar surface area (TPSA) is 83.8 Å². The van der Waals surface area contributed by atoms with Crippen molar-refractivity contribution in [3.05, 3.63) is 17.5 Å². The SMILES string of the molecule is OCCCNc1nc(Cl)c2nccnc2n1. The van der Waals surface area contributed by atoms with Crippen LogP contribution in [-0.2, 0) is 0 Å². The summed E-state index contributed by atoms with van der Waals surface area (Å²) in [7, 11) is 0. The molecule has 0 spiro atoms. The number of rotatable bonds is 4. The van der Waals surface area contributed by atoms with E-state index in [9.17, 15) is 0 Å². The van der Waals surface area contributed by atoms with Gasteiger partial charge < -0.3 is 10.4 Å². The maximum Gasteiger partial charge on any atom is 0.226 e. The van der Waals surface area contributed by atoms with Gasteiger partial charge in [-0.25, -0.2) is 9.97 Å². The highest BCUT2D eigenvalue weighted by Gasteiger charge is 2.06. The molecule has 0 aliphatic rings. The minimum atomic E-state index is 0.119. The molecular weight excluding hydrogens is 230 g/mol. The van der Waals surface area contributed by atoms with Crippen LogP contribution in [0.4, 0.5) is 5.95 Å². The molecule has 0 fully saturated rings. The Hall–Kier alpha value is -1.53. The van der Waals surface area contributed by atoms with E-state index in [1.54, 1.807) is 6.20 Å². The van der Waals surface area contributed by atoms with Gasteiger partial charge in [-0.05, 0) is 6.42 Å². The van der Waals surface area contributed by atoms with Gasteiger partial charge in [0.05, 0.1) is 0 Å². The molecule has 2 aromatic heterocycles. The van der Waals surface area contributed by atoms with E-state index >= 15 is 0 Å². The van der Waals surface area contributed by atoms with E-state index in [-0.39, 0.29) is 11.8 Å². The Balaban J connectivity index is 2.27. The van der Waals surface area contributed by atoms with Crippen molar-refractivity contribution in [2.45, 2.75) is 6.42 Å². The van der Waals surface area contributed by atoms with Crippen LogP contribution in [0.15, 0.2) is 12.4 Å². The second-order valence-corrected chi connectivity index (χ2v) is 3.43. The first kappa shape index (κ1) is 11.0. The van der Waals surface area contributed by atoms with Crippen molar-refractivity contribution >= 4 is 28.7 Å². The van der Waals surface area contributed by atoms with Gasteiger partial charge >= 0.3 is 0 Å². The van der Waals surface area contributed by atoms with Crippen molar-refractivity contribution in [3.63, 3.8) is 0 Å². The fourth-order valence-corrected chi connectivity index (χ4v) is 1.40. The number of nitrogens with one attached hydrogen (secondary N) is 1. The van der Waals surface area contributed by atoms with E-state index in [0.29, 0.717) is 30.1 Å². The molecular formula is C9H10ClN5O. The Morgan fingerprint density at radius 2 is 2.06 bits per heavy atom. The number of aliphatic hydroxyl groups is 1. The van der Waals surface area contributed by atoms with Crippen molar-refractivity contribution in [2.24, 2.45) is 0 Å². The molecule has 0 saturated heterocycles. The lowest BCUT2D eigenvalue weighted by atomic mass is 10.4. The summed E-state index contributed by atoms with van der Waals surface area (Å²) in [6.45, 7) is 0.701. The monoisotopic (exact) mass is 239 g/mol. The number of nitrogens with zero attached hydrogens (tertiary/aromatic N) is 4. The molecule has 2 rings (SSSR count). The second kappa shape index (κ2) is 5.00. The maximum atomic E-state index is 8.64. The van der Waals surface area contributed by atoms with Gasteiger partial charge in [0.1, 0.15) is 5.52 Å². The Labute approximate surface area is 96.7 Å². The molecule has 7 heteroatoms. The van der Waals surface area contributed by atoms with Crippen LogP contribution in [0.3, 0.4) is 0 Å². The zero-order chi connectivity index (χ0) is 11.4. The molecule has 0 atom stereocenters. The normalized spacial score (nSPS) is 10.6. The van der Waals surface area contributed by atoms with Crippen molar-refractivity contribution in [1.82, 2.24) is 19.9 Å². The molecule has 84 valence electrons. The van der Waals surface area contributed by atoms with Crippen LogP contribution in [0.5, 0.6) is 0 Å². The number of aliphatic hydroxyl groups excluding tert-OH is 1. The maximum absolute atomic E-state index is 8.64. The minimum Gasteiger partial charge on any atom is -0.396 e. The summed E-state index contributed by atoms with van der Waals surface area (Å²) in [6.07, 6.45) is 3.71. The molecule has 2 heterocycles. The van der Waals surface area contributed by atoms with Gasteiger partial charge in [0.25, 0.3) is 0 Å². The van der Waals surface area contributed by atoms with E-state index < -0.39 is 0 Å². The Morgan fingerprint density at radius 3 is 2.88 bits per heavy atom. The van der Waals surface area contributed by atoms with Crippen molar-refractivity contribution in [2.75, 3.05) is 18.5 Å². The lowest BCUT2D eigenvalue weighted by Crippen LogP contribution is -2.07. The molecule has 0 aliphatic carbocycles. The lowest BCUT2D eigenvalue weighted by molar-refractivity contribution is 0.292. The lowest BCUT2D eigenvalue weighted by Gasteiger charge is -2.04. The van der Waals surface area contributed by atoms with E-state index in [2.05, 4.69) is 25.3 Å². The smallest absolute Gasteiger partial charge is 0.226 e. The summed E-state index contributed by atoms with van der Waals surface area (Å²) in [6, 6.07) is 0. The number of anilines is 1. The highest BCUT2D eigenvalue weighted by Crippen LogP contribution is 2.17. The van der Waals surface area contributed by atoms with Crippen molar-refractivity contribution in [1.29, 1.82) is 0 Å². The van der Waals surface area contributed by atoms with E-state index in [4.69, 9.17) is 16.7 Å². The van der Waals surface area contributed by atoms with Crippen LogP contribution in [0, 0.1) is 0 Å². The molecule has 2 N–H and O–H groups in total. The largest absolute Gasteiger partial charge is 0.396 e. The molecule has 0 bridgehead atoms. The van der Waals surface area contributed by atoms with Crippen molar-refractivity contribution in [3.8, 4) is 0 Å². The highest BCUT2D eigenvalue weighted by atomic mass is 35.5. The zero-order valence-electron chi connectivity index (χ0n) is 8.39. The standard InChI is InChI=1S/C9H10ClN5O/c10-7-6-8(12-4-3-11-6)15-9(14-7)13-2-1-5-16/h3-4,16H,1-2,5H2,(H,12,13,14,15). The van der Waals surface area contributed by atoms with Gasteiger partial charge in [-0.3, -0.25) is 0 Å². The zero-order valence-corrected chi connectivity index (χ0v) is 9.15. The number of hydrogen-bond donors (Lipinski definition) is 2. The van der Waals surface area contributed by atoms with Crippen LogP contribution in [0.25, 0.3) is 11.2 Å². The third-order valence-corrected chi connectivity index (χ3v) is 2.17. The number of halogens is 1. The molecule has 0 aromatic carbocycles. The summed E-state index contributed by atoms with van der Waals surface area (Å²) in [5, 5.41) is 11.9. The van der Waals surface area contributed by atoms with Crippen molar-refractivity contribution < 1.29 is 5.11 Å². The first-order chi connectivity index (χ1) is 7.81. The Morgan fingerprint density at radius 1 is 1.25 bits per heavy atom. The summed E-state index contributed by atoms with van der Waals surface area (Å²) in [4.78, 5) is 16.3. The summed E-state index contributed by atoms with van der Waals surface area (Å²) in [5.74, 6) is 0.395. The molecule has 0 amide bonds. The highest BCUT2D eigenvalue weighted by molar-refractivity contribution is 6.33. The molecule has 6 nitrogen and oxygen atoms in total. The van der Waals surface area contributed by atoms with Gasteiger partial charge in [-0.1, -0.05) is 11.6 Å². The molecule has 0 aliphatic heterocycles. The molecule has 0 radical (unpaired) electrons. The number of aromatic nitrogens is 4. The van der Waals surface area contributed by atoms with Crippen LogP contribution in [0.2, 0.25) is 5.15 Å². The first-order valence-electron chi connectivity index (χ1n) is 4.80. The van der Waals surface area contributed by atoms with E-state index in [1.165, 1.54) is 6.20 Å². The summed E-state index contributed by atoms with van der Waals surface area (Å²) < 4.78 is 0. The quantitative estimate of drug-likeness (QED) is 0.608. The molecule has 0 saturated carbocycles. The minimum absolute atomic E-state index is 0.119. The van der Waals surface area contributed by atoms with Crippen LogP contribution < -0.4 is 5.32 Å².